The number of allylic oxidation sites excluding steroid dienone is 2. The molecular weight excluding hydrogens is 280 g/mol. The van der Waals surface area contributed by atoms with E-state index in [-0.39, 0.29) is 0 Å². The molecule has 0 unspecified atom stereocenters. The molecule has 0 aromatic heterocycles. The summed E-state index contributed by atoms with van der Waals surface area (Å²) in [6, 6.07) is 30.2. The Hall–Kier alpha value is -3.06. The summed E-state index contributed by atoms with van der Waals surface area (Å²) in [5.74, 6) is 1.65. The molecule has 0 atom stereocenters. The van der Waals surface area contributed by atoms with E-state index in [2.05, 4.69) is 18.2 Å². The van der Waals surface area contributed by atoms with E-state index in [1.807, 2.05) is 91.0 Å². The zero-order valence-electron chi connectivity index (χ0n) is 12.8. The fourth-order valence-corrected chi connectivity index (χ4v) is 2.22. The lowest BCUT2D eigenvalue weighted by molar-refractivity contribution is 0.515. The van der Waals surface area contributed by atoms with Gasteiger partial charge in [0.25, 0.3) is 0 Å². The Morgan fingerprint density at radius 3 is 1.87 bits per heavy atom. The third kappa shape index (κ3) is 4.45. The van der Waals surface area contributed by atoms with Crippen LogP contribution in [0.15, 0.2) is 103 Å². The summed E-state index contributed by atoms with van der Waals surface area (Å²) in [6.07, 6.45) is 6.08. The van der Waals surface area contributed by atoms with Crippen LogP contribution in [-0.2, 0) is 0 Å². The highest BCUT2D eigenvalue weighted by atomic mass is 16.5. The largest absolute Gasteiger partial charge is 0.457 e. The Morgan fingerprint density at radius 1 is 0.652 bits per heavy atom. The molecule has 0 bridgehead atoms. The third-order valence-corrected chi connectivity index (χ3v) is 3.37. The average Bonchev–Trinajstić information content (AvgIpc) is 2.63. The van der Waals surface area contributed by atoms with Crippen molar-refractivity contribution in [3.05, 3.63) is 114 Å². The molecular formula is C22H18O. The van der Waals surface area contributed by atoms with Gasteiger partial charge in [0.1, 0.15) is 11.5 Å². The number of hydrogen-bond donors (Lipinski definition) is 0. The highest BCUT2D eigenvalue weighted by molar-refractivity contribution is 5.65. The summed E-state index contributed by atoms with van der Waals surface area (Å²) in [5.41, 5.74) is 2.21. The smallest absolute Gasteiger partial charge is 0.134 e. The third-order valence-electron chi connectivity index (χ3n) is 3.37. The van der Waals surface area contributed by atoms with E-state index >= 15 is 0 Å². The lowest BCUT2D eigenvalue weighted by atomic mass is 10.1. The van der Waals surface area contributed by atoms with E-state index in [0.717, 1.165) is 22.6 Å². The monoisotopic (exact) mass is 298 g/mol. The number of rotatable bonds is 5. The molecule has 0 N–H and O–H groups in total. The summed E-state index contributed by atoms with van der Waals surface area (Å²) in [7, 11) is 0. The van der Waals surface area contributed by atoms with E-state index < -0.39 is 0 Å². The first kappa shape index (κ1) is 14.9. The van der Waals surface area contributed by atoms with Gasteiger partial charge in [0.05, 0.1) is 0 Å². The molecule has 0 saturated heterocycles. The Labute approximate surface area is 137 Å². The minimum atomic E-state index is 0.823. The zero-order valence-corrected chi connectivity index (χ0v) is 12.8. The van der Waals surface area contributed by atoms with Gasteiger partial charge < -0.3 is 4.74 Å². The van der Waals surface area contributed by atoms with Gasteiger partial charge in [-0.2, -0.15) is 0 Å². The minimum Gasteiger partial charge on any atom is -0.457 e. The van der Waals surface area contributed by atoms with Gasteiger partial charge in [-0.25, -0.2) is 0 Å². The van der Waals surface area contributed by atoms with Crippen LogP contribution in [0, 0.1) is 0 Å². The Balaban J connectivity index is 1.86. The molecule has 0 amide bonds. The first-order chi connectivity index (χ1) is 11.4. The van der Waals surface area contributed by atoms with Crippen molar-refractivity contribution in [2.24, 2.45) is 0 Å². The van der Waals surface area contributed by atoms with E-state index in [0.29, 0.717) is 0 Å². The molecule has 0 fully saturated rings. The Bertz CT molecular complexity index is 772. The first-order valence-electron chi connectivity index (χ1n) is 7.63. The Kier molecular flexibility index (Phi) is 5.04. The van der Waals surface area contributed by atoms with Crippen LogP contribution in [0.2, 0.25) is 0 Å². The minimum absolute atomic E-state index is 0.823. The number of benzene rings is 3. The highest BCUT2D eigenvalue weighted by Gasteiger charge is 2.02. The molecule has 1 nitrogen and oxygen atoms in total. The first-order valence-corrected chi connectivity index (χ1v) is 7.63. The predicted octanol–water partition coefficient (Wildman–Crippen LogP) is 5.82. The van der Waals surface area contributed by atoms with E-state index in [1.165, 1.54) is 0 Å². The van der Waals surface area contributed by atoms with Crippen LogP contribution in [0.25, 0.3) is 11.8 Å². The van der Waals surface area contributed by atoms with Gasteiger partial charge in [-0.15, -0.1) is 0 Å². The van der Waals surface area contributed by atoms with Crippen molar-refractivity contribution in [1.82, 2.24) is 0 Å². The summed E-state index contributed by atoms with van der Waals surface area (Å²) in [6.45, 7) is 0. The molecule has 0 saturated carbocycles. The lowest BCUT2D eigenvalue weighted by Crippen LogP contribution is -1.94. The van der Waals surface area contributed by atoms with Crippen molar-refractivity contribution >= 4 is 11.8 Å². The normalized spacial score (nSPS) is 11.6. The van der Waals surface area contributed by atoms with Gasteiger partial charge in [-0.3, -0.25) is 0 Å². The summed E-state index contributed by atoms with van der Waals surface area (Å²) < 4.78 is 6.05. The topological polar surface area (TPSA) is 9.23 Å². The fraction of sp³-hybridized carbons (Fsp3) is 0. The van der Waals surface area contributed by atoms with Gasteiger partial charge >= 0.3 is 0 Å². The van der Waals surface area contributed by atoms with Crippen molar-refractivity contribution in [3.8, 4) is 5.75 Å². The van der Waals surface area contributed by atoms with Crippen LogP contribution >= 0.6 is 0 Å². The van der Waals surface area contributed by atoms with Crippen molar-refractivity contribution < 1.29 is 4.74 Å². The van der Waals surface area contributed by atoms with E-state index in [1.54, 1.807) is 0 Å². The van der Waals surface area contributed by atoms with Crippen molar-refractivity contribution in [3.63, 3.8) is 0 Å². The molecule has 3 aromatic rings. The van der Waals surface area contributed by atoms with Gasteiger partial charge in [-0.05, 0) is 23.8 Å². The standard InChI is InChI=1S/C22H18O/c1-4-11-19(12-5-1)13-10-18-22(20-14-6-2-7-15-20)23-21-16-8-3-9-17-21/h1-18H. The molecule has 3 rings (SSSR count). The number of para-hydroxylation sites is 1. The van der Waals surface area contributed by atoms with Crippen LogP contribution in [-0.4, -0.2) is 0 Å². The van der Waals surface area contributed by atoms with Gasteiger partial charge in [0.15, 0.2) is 0 Å². The van der Waals surface area contributed by atoms with E-state index in [9.17, 15) is 0 Å². The average molecular weight is 298 g/mol. The molecule has 23 heavy (non-hydrogen) atoms. The second-order valence-corrected chi connectivity index (χ2v) is 5.08. The summed E-state index contributed by atoms with van der Waals surface area (Å²) in [5, 5.41) is 0. The second-order valence-electron chi connectivity index (χ2n) is 5.08. The van der Waals surface area contributed by atoms with Gasteiger partial charge in [0, 0.05) is 5.56 Å². The molecule has 112 valence electrons. The number of hydrogen-bond acceptors (Lipinski definition) is 1. The quantitative estimate of drug-likeness (QED) is 0.426. The van der Waals surface area contributed by atoms with Crippen LogP contribution in [0.5, 0.6) is 5.75 Å². The molecule has 1 heteroatoms. The maximum atomic E-state index is 6.05. The molecule has 0 aliphatic carbocycles. The molecule has 3 aromatic carbocycles. The van der Waals surface area contributed by atoms with Crippen molar-refractivity contribution in [2.45, 2.75) is 0 Å². The lowest BCUT2D eigenvalue weighted by Gasteiger charge is -2.09. The fourth-order valence-electron chi connectivity index (χ4n) is 2.22. The van der Waals surface area contributed by atoms with Gasteiger partial charge in [-0.1, -0.05) is 91.0 Å². The maximum absolute atomic E-state index is 6.05. The van der Waals surface area contributed by atoms with Gasteiger partial charge in [0.2, 0.25) is 0 Å². The van der Waals surface area contributed by atoms with E-state index in [4.69, 9.17) is 4.74 Å². The SMILES string of the molecule is C(=Cc1ccccc1)C=C(Oc1ccccc1)c1ccccc1. The highest BCUT2D eigenvalue weighted by Crippen LogP contribution is 2.21. The zero-order chi connectivity index (χ0) is 15.7. The predicted molar refractivity (Wildman–Crippen MR) is 97.0 cm³/mol. The number of ether oxygens (including phenoxy) is 1. The van der Waals surface area contributed by atoms with Crippen molar-refractivity contribution in [2.75, 3.05) is 0 Å². The molecule has 0 spiro atoms. The molecule has 0 aliphatic rings. The molecule has 0 aliphatic heterocycles. The Morgan fingerprint density at radius 2 is 1.22 bits per heavy atom. The summed E-state index contributed by atoms with van der Waals surface area (Å²) in [4.78, 5) is 0. The van der Waals surface area contributed by atoms with Crippen LogP contribution in [0.1, 0.15) is 11.1 Å². The van der Waals surface area contributed by atoms with Crippen LogP contribution in [0.3, 0.4) is 0 Å². The maximum Gasteiger partial charge on any atom is 0.134 e. The van der Waals surface area contributed by atoms with Crippen LogP contribution in [0.4, 0.5) is 0 Å². The van der Waals surface area contributed by atoms with Crippen molar-refractivity contribution in [1.29, 1.82) is 0 Å². The molecule has 0 radical (unpaired) electrons. The summed E-state index contributed by atoms with van der Waals surface area (Å²) >= 11 is 0. The second kappa shape index (κ2) is 7.81. The van der Waals surface area contributed by atoms with Crippen LogP contribution < -0.4 is 4.74 Å². The molecule has 0 heterocycles.